The molecule has 0 atom stereocenters. The number of thiol groups is 1. The molecule has 0 heterocycles. The van der Waals surface area contributed by atoms with Crippen LogP contribution < -0.4 is 10.7 Å². The van der Waals surface area contributed by atoms with Gasteiger partial charge in [0.15, 0.2) is 0 Å². The molecular weight excluding hydrogens is 120 g/mol. The monoisotopic (exact) mass is 134 g/mol. The van der Waals surface area contributed by atoms with E-state index in [0.717, 1.165) is 18.6 Å². The minimum Gasteiger partial charge on any atom is -0.291 e. The third-order valence-corrected chi connectivity index (χ3v) is 1.15. The molecule has 2 nitrogen and oxygen atoms in total. The summed E-state index contributed by atoms with van der Waals surface area (Å²) < 4.78 is 6.74. The van der Waals surface area contributed by atoms with E-state index in [2.05, 4.69) is 17.6 Å². The van der Waals surface area contributed by atoms with Crippen LogP contribution in [0.15, 0.2) is 0 Å². The van der Waals surface area contributed by atoms with Gasteiger partial charge in [0, 0.05) is 6.42 Å². The van der Waals surface area contributed by atoms with E-state index in [1.807, 2.05) is 0 Å². The van der Waals surface area contributed by atoms with Crippen LogP contribution in [0.1, 0.15) is 14.2 Å². The average molecular weight is 134 g/mol. The van der Waals surface area contributed by atoms with E-state index in [0.29, 0.717) is 5.84 Å². The van der Waals surface area contributed by atoms with Crippen LogP contribution in [0.25, 0.3) is 0 Å². The summed E-state index contributed by atoms with van der Waals surface area (Å²) in [7, 11) is 0.165. The van der Waals surface area contributed by atoms with E-state index in [9.17, 15) is 0 Å². The van der Waals surface area contributed by atoms with Crippen LogP contribution in [-0.2, 0) is 0 Å². The van der Waals surface area contributed by atoms with Gasteiger partial charge in [-0.2, -0.15) is 12.6 Å². The second-order valence-corrected chi connectivity index (χ2v) is 1.98. The lowest BCUT2D eigenvalue weighted by molar-refractivity contribution is -0.422. The molecule has 0 aromatic carbocycles. The van der Waals surface area contributed by atoms with Gasteiger partial charge in [0.2, 0.25) is 5.84 Å². The number of nitrogens with one attached hydrogen (secondary N) is 1. The van der Waals surface area contributed by atoms with Gasteiger partial charge in [-0.1, -0.05) is 0 Å². The fourth-order valence-corrected chi connectivity index (χ4v) is 0.516. The first-order chi connectivity index (χ1) is 4.31. The highest BCUT2D eigenvalue weighted by Crippen LogP contribution is 1.86. The number of nitrogens with two attached hydrogens (primary N) is 1. The van der Waals surface area contributed by atoms with Crippen molar-refractivity contribution in [2.45, 2.75) is 12.8 Å². The maximum Gasteiger partial charge on any atom is 0.240 e. The van der Waals surface area contributed by atoms with E-state index in [1.165, 1.54) is 0 Å². The molecule has 0 amide bonds. The Morgan fingerprint density at radius 3 is 3.25 bits per heavy atom. The van der Waals surface area contributed by atoms with E-state index in [1.54, 1.807) is 0 Å². The molecule has 0 saturated heterocycles. The lowest BCUT2D eigenvalue weighted by Crippen LogP contribution is -2.70. The van der Waals surface area contributed by atoms with Gasteiger partial charge in [-0.3, -0.25) is 10.7 Å². The molecule has 0 fully saturated rings. The minimum atomic E-state index is 0.165. The van der Waals surface area contributed by atoms with Gasteiger partial charge in [-0.25, -0.2) is 0 Å². The highest BCUT2D eigenvalue weighted by molar-refractivity contribution is 7.80. The molecule has 0 radical (unpaired) electrons. The first kappa shape index (κ1) is 5.95. The molecule has 48 valence electrons. The second-order valence-electron chi connectivity index (χ2n) is 1.53. The van der Waals surface area contributed by atoms with Crippen molar-refractivity contribution in [2.24, 2.45) is 5.73 Å². The number of hydrogen-bond acceptors (Lipinski definition) is 1. The molecule has 0 spiro atoms. The molecule has 3 heteroatoms. The molecule has 0 aliphatic rings. The second kappa shape index (κ2) is 4.97. The Morgan fingerprint density at radius 1 is 2.00 bits per heavy atom. The largest absolute Gasteiger partial charge is 0.291 e. The van der Waals surface area contributed by atoms with Gasteiger partial charge in [0.05, 0.1) is 8.39 Å². The molecule has 0 unspecified atom stereocenters. The van der Waals surface area contributed by atoms with Gasteiger partial charge in [0.1, 0.15) is 0 Å². The number of rotatable bonds is 3. The van der Waals surface area contributed by atoms with Crippen LogP contribution in [0, 0.1) is 0 Å². The third-order valence-electron chi connectivity index (χ3n) is 0.831. The molecular formula is C5H13N2S+. The van der Waals surface area contributed by atoms with Crippen molar-refractivity contribution < 1.29 is 6.36 Å². The Kier molecular flexibility index (Phi) is 3.69. The quantitative estimate of drug-likeness (QED) is 0.252. The lowest BCUT2D eigenvalue weighted by atomic mass is 10.3. The van der Waals surface area contributed by atoms with Gasteiger partial charge in [0.25, 0.3) is 0 Å². The van der Waals surface area contributed by atoms with Gasteiger partial charge >= 0.3 is 0 Å². The summed E-state index contributed by atoms with van der Waals surface area (Å²) in [6, 6.07) is 0. The first-order valence-corrected chi connectivity index (χ1v) is 3.19. The molecule has 0 aromatic heterocycles. The average Bonchev–Trinajstić information content (AvgIpc) is 1.85. The molecule has 0 aliphatic carbocycles. The molecule has 0 saturated carbocycles. The normalized spacial score (nSPS) is 13.6. The van der Waals surface area contributed by atoms with Crippen LogP contribution in [0.2, 0.25) is 0 Å². The van der Waals surface area contributed by atoms with Gasteiger partial charge in [-0.15, -0.1) is 0 Å². The number of amidine groups is 1. The zero-order valence-corrected chi connectivity index (χ0v) is 5.75. The van der Waals surface area contributed by atoms with Crippen molar-refractivity contribution >= 4 is 18.5 Å². The molecule has 0 bridgehead atoms. The SMILES string of the molecule is [2H]C[NH+]=C(N)CCCS. The highest BCUT2D eigenvalue weighted by Gasteiger charge is 1.92. The topological polar surface area (TPSA) is 40.0 Å². The maximum absolute atomic E-state index is 6.74. The summed E-state index contributed by atoms with van der Waals surface area (Å²) in [4.78, 5) is 2.71. The minimum absolute atomic E-state index is 0.165. The summed E-state index contributed by atoms with van der Waals surface area (Å²) in [6.45, 7) is 0. The van der Waals surface area contributed by atoms with Crippen molar-refractivity contribution in [1.29, 1.82) is 0 Å². The molecule has 8 heavy (non-hydrogen) atoms. The summed E-state index contributed by atoms with van der Waals surface area (Å²) in [6.07, 6.45) is 1.80. The van der Waals surface area contributed by atoms with Crippen LogP contribution in [0.5, 0.6) is 0 Å². The third kappa shape index (κ3) is 3.99. The molecule has 0 aromatic rings. The Labute approximate surface area is 57.0 Å². The van der Waals surface area contributed by atoms with E-state index < -0.39 is 0 Å². The zero-order chi connectivity index (χ0) is 7.11. The summed E-state index contributed by atoms with van der Waals surface area (Å²) in [5, 5.41) is 0. The van der Waals surface area contributed by atoms with Gasteiger partial charge < -0.3 is 0 Å². The van der Waals surface area contributed by atoms with Crippen LogP contribution in [0.4, 0.5) is 0 Å². The standard InChI is InChI=1S/C5H12N2S/c1-7-5(6)3-2-4-8/h8H,2-4H2,1H3,(H2,6,7)/p+1/i1D. The van der Waals surface area contributed by atoms with Crippen molar-refractivity contribution in [3.8, 4) is 0 Å². The van der Waals surface area contributed by atoms with Crippen molar-refractivity contribution in [3.05, 3.63) is 0 Å². The summed E-state index contributed by atoms with van der Waals surface area (Å²) in [5.74, 6) is 1.54. The fraction of sp³-hybridized carbons (Fsp3) is 0.800. The predicted molar refractivity (Wildman–Crippen MR) is 39.2 cm³/mol. The van der Waals surface area contributed by atoms with Crippen molar-refractivity contribution in [1.82, 2.24) is 0 Å². The van der Waals surface area contributed by atoms with E-state index in [4.69, 9.17) is 7.10 Å². The molecule has 0 rings (SSSR count). The maximum atomic E-state index is 6.74. The highest BCUT2D eigenvalue weighted by atomic mass is 32.1. The van der Waals surface area contributed by atoms with E-state index in [-0.39, 0.29) is 7.02 Å². The Balaban J connectivity index is 3.25. The smallest absolute Gasteiger partial charge is 0.240 e. The van der Waals surface area contributed by atoms with Crippen LogP contribution in [-0.4, -0.2) is 18.6 Å². The predicted octanol–water partition coefficient (Wildman–Crippen LogP) is -1.24. The summed E-state index contributed by atoms with van der Waals surface area (Å²) >= 11 is 4.02. The number of hydrogen-bond donors (Lipinski definition) is 3. The van der Waals surface area contributed by atoms with E-state index >= 15 is 0 Å². The van der Waals surface area contributed by atoms with Gasteiger partial charge in [-0.05, 0) is 12.2 Å². The Hall–Kier alpha value is -0.180. The molecule has 3 N–H and O–H groups in total. The lowest BCUT2D eigenvalue weighted by Gasteiger charge is -1.87. The Morgan fingerprint density at radius 2 is 2.75 bits per heavy atom. The first-order valence-electron chi connectivity index (χ1n) is 3.27. The molecule has 0 aliphatic heterocycles. The van der Waals surface area contributed by atoms with Crippen LogP contribution in [0.3, 0.4) is 0 Å². The summed E-state index contributed by atoms with van der Waals surface area (Å²) in [5.41, 5.74) is 5.42. The van der Waals surface area contributed by atoms with Crippen LogP contribution >= 0.6 is 12.6 Å². The zero-order valence-electron chi connectivity index (χ0n) is 5.85. The Bertz CT molecular complexity index is 95.0. The fourth-order valence-electron chi connectivity index (χ4n) is 0.358. The van der Waals surface area contributed by atoms with Crippen molar-refractivity contribution in [2.75, 3.05) is 12.8 Å². The van der Waals surface area contributed by atoms with Crippen molar-refractivity contribution in [3.63, 3.8) is 0 Å².